The predicted molar refractivity (Wildman–Crippen MR) is 83.5 cm³/mol. The van der Waals surface area contributed by atoms with Crippen LogP contribution in [-0.4, -0.2) is 6.54 Å². The Bertz CT molecular complexity index is 439. The molecular weight excluding hydrogens is 273 g/mol. The summed E-state index contributed by atoms with van der Waals surface area (Å²) in [6.45, 7) is 2.88. The maximum absolute atomic E-state index is 14.1. The monoisotopic (exact) mass is 297 g/mol. The number of hydrogen-bond acceptors (Lipinski definition) is 1. The van der Waals surface area contributed by atoms with Crippen LogP contribution in [0, 0.1) is 17.2 Å². The van der Waals surface area contributed by atoms with E-state index in [1.54, 1.807) is 6.07 Å². The van der Waals surface area contributed by atoms with Crippen molar-refractivity contribution in [2.45, 2.75) is 51.9 Å². The second kappa shape index (κ2) is 6.91. The van der Waals surface area contributed by atoms with Gasteiger partial charge in [0.25, 0.3) is 0 Å². The Labute approximate surface area is 126 Å². The lowest BCUT2D eigenvalue weighted by atomic mass is 9.67. The zero-order chi connectivity index (χ0) is 14.6. The SMILES string of the molecule is CCCC1CCC(CN)(Cc2cccc(Cl)c2F)CC1. The van der Waals surface area contributed by atoms with Crippen LogP contribution in [0.5, 0.6) is 0 Å². The third-order valence-corrected chi connectivity index (χ3v) is 5.18. The molecule has 0 radical (unpaired) electrons. The summed E-state index contributed by atoms with van der Waals surface area (Å²) < 4.78 is 14.1. The first-order chi connectivity index (χ1) is 9.60. The maximum atomic E-state index is 14.1. The van der Waals surface area contributed by atoms with E-state index in [0.29, 0.717) is 6.54 Å². The van der Waals surface area contributed by atoms with Gasteiger partial charge < -0.3 is 5.73 Å². The summed E-state index contributed by atoms with van der Waals surface area (Å²) >= 11 is 5.88. The van der Waals surface area contributed by atoms with E-state index in [1.807, 2.05) is 12.1 Å². The van der Waals surface area contributed by atoms with Gasteiger partial charge in [-0.05, 0) is 61.6 Å². The van der Waals surface area contributed by atoms with Crippen molar-refractivity contribution in [1.82, 2.24) is 0 Å². The van der Waals surface area contributed by atoms with E-state index < -0.39 is 0 Å². The molecule has 1 saturated carbocycles. The number of benzene rings is 1. The highest BCUT2D eigenvalue weighted by molar-refractivity contribution is 6.30. The number of halogens is 2. The molecule has 1 fully saturated rings. The molecule has 0 aliphatic heterocycles. The van der Waals surface area contributed by atoms with Gasteiger partial charge >= 0.3 is 0 Å². The van der Waals surface area contributed by atoms with Crippen LogP contribution >= 0.6 is 11.6 Å². The van der Waals surface area contributed by atoms with Crippen LogP contribution in [-0.2, 0) is 6.42 Å². The van der Waals surface area contributed by atoms with Crippen molar-refractivity contribution in [1.29, 1.82) is 0 Å². The van der Waals surface area contributed by atoms with Gasteiger partial charge in [0.1, 0.15) is 5.82 Å². The van der Waals surface area contributed by atoms with Gasteiger partial charge in [0, 0.05) is 0 Å². The highest BCUT2D eigenvalue weighted by atomic mass is 35.5. The van der Waals surface area contributed by atoms with Crippen molar-refractivity contribution in [2.75, 3.05) is 6.54 Å². The summed E-state index contributed by atoms with van der Waals surface area (Å²) in [5, 5.41) is 0.217. The van der Waals surface area contributed by atoms with E-state index >= 15 is 0 Å². The lowest BCUT2D eigenvalue weighted by molar-refractivity contribution is 0.149. The Hall–Kier alpha value is -0.600. The van der Waals surface area contributed by atoms with Gasteiger partial charge in [-0.2, -0.15) is 0 Å². The minimum atomic E-state index is -0.266. The van der Waals surface area contributed by atoms with Crippen molar-refractivity contribution in [3.05, 3.63) is 34.6 Å². The molecule has 1 aromatic rings. The highest BCUT2D eigenvalue weighted by Gasteiger charge is 2.34. The summed E-state index contributed by atoms with van der Waals surface area (Å²) in [5.74, 6) is 0.571. The Morgan fingerprint density at radius 2 is 2.05 bits per heavy atom. The van der Waals surface area contributed by atoms with Crippen LogP contribution in [0.1, 0.15) is 51.0 Å². The summed E-state index contributed by atoms with van der Waals surface area (Å²) in [4.78, 5) is 0. The van der Waals surface area contributed by atoms with Gasteiger partial charge in [0.2, 0.25) is 0 Å². The van der Waals surface area contributed by atoms with Crippen LogP contribution in [0.25, 0.3) is 0 Å². The summed E-state index contributed by atoms with van der Waals surface area (Å²) in [5.41, 5.74) is 6.82. The Morgan fingerprint density at radius 3 is 2.65 bits per heavy atom. The van der Waals surface area contributed by atoms with Gasteiger partial charge in [-0.25, -0.2) is 4.39 Å². The minimum absolute atomic E-state index is 0.0652. The van der Waals surface area contributed by atoms with Crippen LogP contribution < -0.4 is 5.73 Å². The van der Waals surface area contributed by atoms with Gasteiger partial charge in [0.05, 0.1) is 5.02 Å². The lowest BCUT2D eigenvalue weighted by Crippen LogP contribution is -2.37. The molecule has 2 N–H and O–H groups in total. The quantitative estimate of drug-likeness (QED) is 0.817. The number of rotatable bonds is 5. The fourth-order valence-electron chi connectivity index (χ4n) is 3.53. The van der Waals surface area contributed by atoms with Crippen molar-refractivity contribution < 1.29 is 4.39 Å². The Balaban J connectivity index is 2.07. The van der Waals surface area contributed by atoms with Gasteiger partial charge in [-0.1, -0.05) is 43.5 Å². The average molecular weight is 298 g/mol. The first kappa shape index (κ1) is 15.8. The molecule has 0 unspecified atom stereocenters. The van der Waals surface area contributed by atoms with Crippen LogP contribution in [0.3, 0.4) is 0 Å². The van der Waals surface area contributed by atoms with E-state index in [-0.39, 0.29) is 16.3 Å². The topological polar surface area (TPSA) is 26.0 Å². The van der Waals surface area contributed by atoms with Gasteiger partial charge in [-0.15, -0.1) is 0 Å². The molecule has 0 heterocycles. The van der Waals surface area contributed by atoms with Crippen LogP contribution in [0.2, 0.25) is 5.02 Å². The van der Waals surface area contributed by atoms with Gasteiger partial charge in [-0.3, -0.25) is 0 Å². The first-order valence-corrected chi connectivity index (χ1v) is 8.11. The highest BCUT2D eigenvalue weighted by Crippen LogP contribution is 2.42. The fourth-order valence-corrected chi connectivity index (χ4v) is 3.72. The van der Waals surface area contributed by atoms with Gasteiger partial charge in [0.15, 0.2) is 0 Å². The molecule has 1 nitrogen and oxygen atoms in total. The smallest absolute Gasteiger partial charge is 0.144 e. The zero-order valence-electron chi connectivity index (χ0n) is 12.3. The largest absolute Gasteiger partial charge is 0.330 e. The van der Waals surface area contributed by atoms with Crippen molar-refractivity contribution in [3.63, 3.8) is 0 Å². The molecule has 0 saturated heterocycles. The van der Waals surface area contributed by atoms with E-state index in [2.05, 4.69) is 6.92 Å². The molecule has 0 bridgehead atoms. The normalized spacial score (nSPS) is 26.7. The molecule has 0 amide bonds. The van der Waals surface area contributed by atoms with Crippen molar-refractivity contribution in [3.8, 4) is 0 Å². The van der Waals surface area contributed by atoms with Crippen LogP contribution in [0.4, 0.5) is 4.39 Å². The fraction of sp³-hybridized carbons (Fsp3) is 0.647. The third kappa shape index (κ3) is 3.53. The Morgan fingerprint density at radius 1 is 1.35 bits per heavy atom. The number of hydrogen-bond donors (Lipinski definition) is 1. The van der Waals surface area contributed by atoms with E-state index in [1.165, 1.54) is 25.7 Å². The zero-order valence-corrected chi connectivity index (χ0v) is 13.1. The van der Waals surface area contributed by atoms with Crippen molar-refractivity contribution >= 4 is 11.6 Å². The average Bonchev–Trinajstić information content (AvgIpc) is 2.46. The molecule has 1 aromatic carbocycles. The molecule has 2 rings (SSSR count). The molecule has 3 heteroatoms. The predicted octanol–water partition coefficient (Wildman–Crippen LogP) is 4.96. The van der Waals surface area contributed by atoms with E-state index in [4.69, 9.17) is 17.3 Å². The second-order valence-electron chi connectivity index (χ2n) is 6.33. The van der Waals surface area contributed by atoms with E-state index in [9.17, 15) is 4.39 Å². The second-order valence-corrected chi connectivity index (χ2v) is 6.73. The lowest BCUT2D eigenvalue weighted by Gasteiger charge is -2.40. The Kier molecular flexibility index (Phi) is 5.45. The van der Waals surface area contributed by atoms with Crippen LogP contribution in [0.15, 0.2) is 18.2 Å². The third-order valence-electron chi connectivity index (χ3n) is 4.89. The molecule has 20 heavy (non-hydrogen) atoms. The number of nitrogens with two attached hydrogens (primary N) is 1. The summed E-state index contributed by atoms with van der Waals surface area (Å²) in [6, 6.07) is 5.28. The maximum Gasteiger partial charge on any atom is 0.144 e. The summed E-state index contributed by atoms with van der Waals surface area (Å²) in [7, 11) is 0. The van der Waals surface area contributed by atoms with Crippen molar-refractivity contribution in [2.24, 2.45) is 17.1 Å². The molecular formula is C17H25ClFN. The molecule has 112 valence electrons. The molecule has 1 aliphatic carbocycles. The molecule has 0 atom stereocenters. The molecule has 0 spiro atoms. The molecule has 0 aromatic heterocycles. The minimum Gasteiger partial charge on any atom is -0.330 e. The summed E-state index contributed by atoms with van der Waals surface area (Å²) in [6.07, 6.45) is 7.96. The molecule has 1 aliphatic rings. The van der Waals surface area contributed by atoms with E-state index in [0.717, 1.165) is 30.7 Å². The first-order valence-electron chi connectivity index (χ1n) is 7.73. The standard InChI is InChI=1S/C17H25ClFN/c1-2-4-13-7-9-17(12-20,10-8-13)11-14-5-3-6-15(18)16(14)19/h3,5-6,13H,2,4,7-12,20H2,1H3.